The fourth-order valence-corrected chi connectivity index (χ4v) is 2.25. The molecule has 0 aliphatic carbocycles. The maximum Gasteiger partial charge on any atom is 0.337 e. The van der Waals surface area contributed by atoms with Crippen LogP contribution in [0.5, 0.6) is 0 Å². The summed E-state index contributed by atoms with van der Waals surface area (Å²) >= 11 is 5.92. The molecule has 0 aromatic heterocycles. The number of rotatable bonds is 4. The number of carboxylic acids is 1. The molecule has 0 bridgehead atoms. The summed E-state index contributed by atoms with van der Waals surface area (Å²) in [7, 11) is 0. The van der Waals surface area contributed by atoms with E-state index in [-0.39, 0.29) is 34.7 Å². The Labute approximate surface area is 115 Å². The predicted octanol–water partition coefficient (Wildman–Crippen LogP) is 2.55. The van der Waals surface area contributed by atoms with Crippen molar-refractivity contribution in [3.63, 3.8) is 0 Å². The van der Waals surface area contributed by atoms with E-state index in [0.717, 1.165) is 12.8 Å². The molecule has 1 aromatic rings. The molecular formula is C13H14ClNO4. The lowest BCUT2D eigenvalue weighted by molar-refractivity contribution is -0.118. The lowest BCUT2D eigenvalue weighted by atomic mass is 10.1. The molecule has 1 aliphatic heterocycles. The summed E-state index contributed by atoms with van der Waals surface area (Å²) in [5, 5.41) is 11.8. The summed E-state index contributed by atoms with van der Waals surface area (Å²) in [5.41, 5.74) is 0.118. The molecule has 0 saturated carbocycles. The summed E-state index contributed by atoms with van der Waals surface area (Å²) < 4.78 is 5.36. The number of hydrogen-bond acceptors (Lipinski definition) is 3. The summed E-state index contributed by atoms with van der Waals surface area (Å²) in [6.07, 6.45) is 1.92. The van der Waals surface area contributed by atoms with E-state index in [1.165, 1.54) is 18.2 Å². The van der Waals surface area contributed by atoms with Crippen molar-refractivity contribution in [1.82, 2.24) is 0 Å². The zero-order valence-corrected chi connectivity index (χ0v) is 10.9. The average Bonchev–Trinajstić information content (AvgIpc) is 2.84. The van der Waals surface area contributed by atoms with Crippen LogP contribution in [-0.4, -0.2) is 29.7 Å². The van der Waals surface area contributed by atoms with Crippen LogP contribution < -0.4 is 5.32 Å². The highest BCUT2D eigenvalue weighted by Gasteiger charge is 2.21. The van der Waals surface area contributed by atoms with Crippen molar-refractivity contribution in [2.75, 3.05) is 11.9 Å². The molecule has 1 unspecified atom stereocenters. The molecule has 1 atom stereocenters. The second-order valence-corrected chi connectivity index (χ2v) is 4.76. The number of halogens is 1. The van der Waals surface area contributed by atoms with Gasteiger partial charge in [-0.15, -0.1) is 0 Å². The highest BCUT2D eigenvalue weighted by Crippen LogP contribution is 2.26. The van der Waals surface area contributed by atoms with Crippen molar-refractivity contribution < 1.29 is 19.4 Å². The van der Waals surface area contributed by atoms with Gasteiger partial charge >= 0.3 is 5.97 Å². The van der Waals surface area contributed by atoms with Crippen molar-refractivity contribution in [3.05, 3.63) is 28.8 Å². The van der Waals surface area contributed by atoms with Crippen molar-refractivity contribution in [3.8, 4) is 0 Å². The van der Waals surface area contributed by atoms with Crippen LogP contribution in [0, 0.1) is 0 Å². The zero-order valence-electron chi connectivity index (χ0n) is 10.2. The number of carbonyl (C=O) groups is 2. The van der Waals surface area contributed by atoms with E-state index in [4.69, 9.17) is 21.4 Å². The molecule has 1 heterocycles. The Kier molecular flexibility index (Phi) is 4.39. The maximum atomic E-state index is 11.9. The summed E-state index contributed by atoms with van der Waals surface area (Å²) in [5.74, 6) is -1.42. The maximum absolute atomic E-state index is 11.9. The molecule has 5 nitrogen and oxygen atoms in total. The fraction of sp³-hybridized carbons (Fsp3) is 0.385. The van der Waals surface area contributed by atoms with Gasteiger partial charge in [0.15, 0.2) is 0 Å². The van der Waals surface area contributed by atoms with Gasteiger partial charge in [0.25, 0.3) is 0 Å². The third-order valence-corrected chi connectivity index (χ3v) is 3.26. The first-order valence-electron chi connectivity index (χ1n) is 6.01. The monoisotopic (exact) mass is 283 g/mol. The first-order valence-corrected chi connectivity index (χ1v) is 6.39. The number of carbonyl (C=O) groups excluding carboxylic acids is 1. The molecule has 1 saturated heterocycles. The Morgan fingerprint density at radius 2 is 2.26 bits per heavy atom. The molecule has 1 aromatic carbocycles. The van der Waals surface area contributed by atoms with Crippen LogP contribution in [0.2, 0.25) is 5.02 Å². The lowest BCUT2D eigenvalue weighted by Crippen LogP contribution is -2.20. The largest absolute Gasteiger partial charge is 0.478 e. The van der Waals surface area contributed by atoms with Crippen LogP contribution >= 0.6 is 11.6 Å². The molecule has 2 rings (SSSR count). The van der Waals surface area contributed by atoms with Crippen molar-refractivity contribution in [2.45, 2.75) is 25.4 Å². The number of benzene rings is 1. The van der Waals surface area contributed by atoms with Crippen LogP contribution in [0.1, 0.15) is 29.6 Å². The molecule has 102 valence electrons. The van der Waals surface area contributed by atoms with Crippen LogP contribution in [0.25, 0.3) is 0 Å². The van der Waals surface area contributed by atoms with Gasteiger partial charge in [0.2, 0.25) is 5.91 Å². The highest BCUT2D eigenvalue weighted by molar-refractivity contribution is 6.34. The fourth-order valence-electron chi connectivity index (χ4n) is 2.03. The van der Waals surface area contributed by atoms with Gasteiger partial charge in [-0.05, 0) is 25.0 Å². The minimum Gasteiger partial charge on any atom is -0.478 e. The van der Waals surface area contributed by atoms with Gasteiger partial charge < -0.3 is 15.2 Å². The van der Waals surface area contributed by atoms with Crippen LogP contribution in [-0.2, 0) is 9.53 Å². The highest BCUT2D eigenvalue weighted by atomic mass is 35.5. The van der Waals surface area contributed by atoms with Gasteiger partial charge in [0.1, 0.15) is 0 Å². The van der Waals surface area contributed by atoms with E-state index in [1.807, 2.05) is 0 Å². The number of hydrogen-bond donors (Lipinski definition) is 2. The Morgan fingerprint density at radius 1 is 1.47 bits per heavy atom. The normalized spacial score (nSPS) is 18.3. The molecule has 19 heavy (non-hydrogen) atoms. The number of nitrogens with one attached hydrogen (secondary N) is 1. The van der Waals surface area contributed by atoms with Gasteiger partial charge in [0.05, 0.1) is 28.8 Å². The van der Waals surface area contributed by atoms with Crippen LogP contribution in [0.4, 0.5) is 5.69 Å². The third kappa shape index (κ3) is 3.45. The predicted molar refractivity (Wildman–Crippen MR) is 70.6 cm³/mol. The number of para-hydroxylation sites is 1. The quantitative estimate of drug-likeness (QED) is 0.890. The minimum atomic E-state index is -1.13. The van der Waals surface area contributed by atoms with Crippen molar-refractivity contribution >= 4 is 29.2 Å². The summed E-state index contributed by atoms with van der Waals surface area (Å²) in [6, 6.07) is 4.47. The summed E-state index contributed by atoms with van der Waals surface area (Å²) in [4.78, 5) is 22.9. The van der Waals surface area contributed by atoms with Crippen LogP contribution in [0.3, 0.4) is 0 Å². The van der Waals surface area contributed by atoms with Gasteiger partial charge in [-0.2, -0.15) is 0 Å². The Hall–Kier alpha value is -1.59. The van der Waals surface area contributed by atoms with Gasteiger partial charge in [-0.25, -0.2) is 4.79 Å². The summed E-state index contributed by atoms with van der Waals surface area (Å²) in [6.45, 7) is 0.671. The molecule has 6 heteroatoms. The SMILES string of the molecule is O=C(CC1CCCO1)Nc1c(Cl)cccc1C(=O)O. The number of ether oxygens (including phenoxy) is 1. The van der Waals surface area contributed by atoms with Crippen LogP contribution in [0.15, 0.2) is 18.2 Å². The molecule has 0 radical (unpaired) electrons. The second kappa shape index (κ2) is 6.04. The lowest BCUT2D eigenvalue weighted by Gasteiger charge is -2.12. The zero-order chi connectivity index (χ0) is 13.8. The molecule has 1 fully saturated rings. The molecule has 1 amide bonds. The standard InChI is InChI=1S/C13H14ClNO4/c14-10-5-1-4-9(13(17)18)12(10)15-11(16)7-8-3-2-6-19-8/h1,4-5,8H,2-3,6-7H2,(H,15,16)(H,17,18). The Bertz CT molecular complexity index is 497. The van der Waals surface area contributed by atoms with E-state index in [1.54, 1.807) is 0 Å². The minimum absolute atomic E-state index is 0.0202. The third-order valence-electron chi connectivity index (χ3n) is 2.95. The van der Waals surface area contributed by atoms with E-state index in [9.17, 15) is 9.59 Å². The van der Waals surface area contributed by atoms with Crippen molar-refractivity contribution in [1.29, 1.82) is 0 Å². The Morgan fingerprint density at radius 3 is 2.89 bits per heavy atom. The first kappa shape index (κ1) is 13.8. The van der Waals surface area contributed by atoms with E-state index in [2.05, 4.69) is 5.32 Å². The second-order valence-electron chi connectivity index (χ2n) is 4.35. The number of amides is 1. The Balaban J connectivity index is 2.09. The smallest absolute Gasteiger partial charge is 0.337 e. The number of carboxylic acid groups (broad SMARTS) is 1. The molecule has 1 aliphatic rings. The number of aromatic carboxylic acids is 1. The van der Waals surface area contributed by atoms with Gasteiger partial charge in [-0.3, -0.25) is 4.79 Å². The number of anilines is 1. The van der Waals surface area contributed by atoms with Crippen molar-refractivity contribution in [2.24, 2.45) is 0 Å². The van der Waals surface area contributed by atoms with E-state index < -0.39 is 5.97 Å². The average molecular weight is 284 g/mol. The first-order chi connectivity index (χ1) is 9.08. The van der Waals surface area contributed by atoms with Gasteiger partial charge in [-0.1, -0.05) is 17.7 Å². The molecule has 2 N–H and O–H groups in total. The molecular weight excluding hydrogens is 270 g/mol. The molecule has 0 spiro atoms. The van der Waals surface area contributed by atoms with E-state index in [0.29, 0.717) is 6.61 Å². The topological polar surface area (TPSA) is 75.6 Å². The van der Waals surface area contributed by atoms with E-state index >= 15 is 0 Å². The van der Waals surface area contributed by atoms with Gasteiger partial charge in [0, 0.05) is 6.61 Å².